The highest BCUT2D eigenvalue weighted by molar-refractivity contribution is 14.0. The van der Waals surface area contributed by atoms with Gasteiger partial charge in [0.15, 0.2) is 5.96 Å². The number of aliphatic imine (C=N–C) groups is 1. The lowest BCUT2D eigenvalue weighted by molar-refractivity contribution is -0.116. The molecular weight excluding hydrogens is 529 g/mol. The summed E-state index contributed by atoms with van der Waals surface area (Å²) in [6, 6.07) is 7.51. The Morgan fingerprint density at radius 3 is 2.62 bits per heavy atom. The number of aromatic nitrogens is 1. The zero-order chi connectivity index (χ0) is 18.2. The summed E-state index contributed by atoms with van der Waals surface area (Å²) in [5.41, 5.74) is 1.80. The van der Waals surface area contributed by atoms with Gasteiger partial charge in [-0.05, 0) is 31.2 Å². The maximum Gasteiger partial charge on any atom is 0.226 e. The van der Waals surface area contributed by atoms with Crippen LogP contribution in [0.4, 0.5) is 5.69 Å². The Balaban J connectivity index is 0.00000338. The molecule has 0 fully saturated rings. The van der Waals surface area contributed by atoms with Crippen molar-refractivity contribution in [3.63, 3.8) is 0 Å². The predicted molar refractivity (Wildman–Crippen MR) is 122 cm³/mol. The van der Waals surface area contributed by atoms with Crippen molar-refractivity contribution in [1.29, 1.82) is 0 Å². The first kappa shape index (κ1) is 22.8. The van der Waals surface area contributed by atoms with E-state index in [0.717, 1.165) is 26.8 Å². The lowest BCUT2D eigenvalue weighted by Gasteiger charge is -2.21. The fourth-order valence-corrected chi connectivity index (χ4v) is 3.10. The second-order valence-electron chi connectivity index (χ2n) is 5.49. The second kappa shape index (κ2) is 11.5. The number of thiazole rings is 1. The highest BCUT2D eigenvalue weighted by Gasteiger charge is 2.09. The molecule has 0 spiro atoms. The van der Waals surface area contributed by atoms with Crippen LogP contribution in [0.15, 0.2) is 39.1 Å². The number of hydrogen-bond donors (Lipinski definition) is 2. The SMILES string of the molecule is CN=C(NCCC(=O)Nc1ccc(Br)cc1)N(C)Cc1csc(C)n1.I. The van der Waals surface area contributed by atoms with Gasteiger partial charge < -0.3 is 15.5 Å². The minimum Gasteiger partial charge on any atom is -0.356 e. The number of carbonyl (C=O) groups excluding carboxylic acids is 1. The lowest BCUT2D eigenvalue weighted by atomic mass is 10.3. The van der Waals surface area contributed by atoms with Crippen LogP contribution in [0.1, 0.15) is 17.1 Å². The normalized spacial score (nSPS) is 10.8. The summed E-state index contributed by atoms with van der Waals surface area (Å²) in [6.07, 6.45) is 0.360. The first-order valence-corrected chi connectivity index (χ1v) is 9.53. The van der Waals surface area contributed by atoms with Gasteiger partial charge in [0.25, 0.3) is 0 Å². The van der Waals surface area contributed by atoms with Gasteiger partial charge in [0, 0.05) is 42.6 Å². The van der Waals surface area contributed by atoms with Gasteiger partial charge >= 0.3 is 0 Å². The van der Waals surface area contributed by atoms with Gasteiger partial charge in [-0.3, -0.25) is 9.79 Å². The number of anilines is 1. The van der Waals surface area contributed by atoms with Crippen molar-refractivity contribution in [3.8, 4) is 0 Å². The average molecular weight is 552 g/mol. The van der Waals surface area contributed by atoms with Crippen LogP contribution in [0.5, 0.6) is 0 Å². The molecule has 0 unspecified atom stereocenters. The summed E-state index contributed by atoms with van der Waals surface area (Å²) in [5, 5.41) is 9.17. The van der Waals surface area contributed by atoms with E-state index in [1.807, 2.05) is 48.5 Å². The molecule has 6 nitrogen and oxygen atoms in total. The molecular formula is C17H23BrIN5OS. The number of nitrogens with zero attached hydrogens (tertiary/aromatic N) is 3. The molecule has 0 aliphatic heterocycles. The molecule has 1 aromatic heterocycles. The topological polar surface area (TPSA) is 69.6 Å². The van der Waals surface area contributed by atoms with Crippen LogP contribution >= 0.6 is 51.2 Å². The Kier molecular flexibility index (Phi) is 10.1. The van der Waals surface area contributed by atoms with E-state index < -0.39 is 0 Å². The van der Waals surface area contributed by atoms with Crippen molar-refractivity contribution >= 4 is 68.8 Å². The standard InChI is InChI=1S/C17H22BrN5OS.HI/c1-12-21-15(11-25-12)10-23(3)17(19-2)20-9-8-16(24)22-14-6-4-13(18)5-7-14;/h4-7,11H,8-10H2,1-3H3,(H,19,20)(H,22,24);1H. The zero-order valence-corrected chi connectivity index (χ0v) is 19.7. The Morgan fingerprint density at radius 2 is 2.04 bits per heavy atom. The molecule has 26 heavy (non-hydrogen) atoms. The van der Waals surface area contributed by atoms with Crippen molar-refractivity contribution in [3.05, 3.63) is 44.8 Å². The van der Waals surface area contributed by atoms with Gasteiger partial charge in [-0.2, -0.15) is 0 Å². The molecule has 0 atom stereocenters. The number of carbonyl (C=O) groups is 1. The molecule has 0 bridgehead atoms. The van der Waals surface area contributed by atoms with Gasteiger partial charge in [0.05, 0.1) is 17.2 Å². The third-order valence-corrected chi connectivity index (χ3v) is 4.75. The third-order valence-electron chi connectivity index (χ3n) is 3.40. The highest BCUT2D eigenvalue weighted by Crippen LogP contribution is 2.14. The molecule has 1 aromatic carbocycles. The molecule has 0 radical (unpaired) electrons. The first-order valence-electron chi connectivity index (χ1n) is 7.86. The molecule has 2 rings (SSSR count). The molecule has 0 saturated carbocycles. The summed E-state index contributed by atoms with van der Waals surface area (Å²) in [6.45, 7) is 3.18. The number of benzene rings is 1. The number of amides is 1. The predicted octanol–water partition coefficient (Wildman–Crippen LogP) is 3.87. The zero-order valence-electron chi connectivity index (χ0n) is 15.0. The maximum absolute atomic E-state index is 12.0. The van der Waals surface area contributed by atoms with Crippen LogP contribution in [0, 0.1) is 6.92 Å². The van der Waals surface area contributed by atoms with Crippen molar-refractivity contribution in [2.75, 3.05) is 26.0 Å². The smallest absolute Gasteiger partial charge is 0.226 e. The monoisotopic (exact) mass is 551 g/mol. The summed E-state index contributed by atoms with van der Waals surface area (Å²) < 4.78 is 0.981. The van der Waals surface area contributed by atoms with E-state index in [-0.39, 0.29) is 29.9 Å². The van der Waals surface area contributed by atoms with E-state index >= 15 is 0 Å². The van der Waals surface area contributed by atoms with Crippen LogP contribution < -0.4 is 10.6 Å². The van der Waals surface area contributed by atoms with Crippen molar-refractivity contribution in [2.45, 2.75) is 19.9 Å². The summed E-state index contributed by atoms with van der Waals surface area (Å²) in [4.78, 5) is 22.7. The fourth-order valence-electron chi connectivity index (χ4n) is 2.23. The minimum atomic E-state index is -0.0388. The van der Waals surface area contributed by atoms with Gasteiger partial charge in [-0.25, -0.2) is 4.98 Å². The average Bonchev–Trinajstić information content (AvgIpc) is 2.98. The molecule has 142 valence electrons. The van der Waals surface area contributed by atoms with E-state index in [1.165, 1.54) is 0 Å². The van der Waals surface area contributed by atoms with Gasteiger partial charge in [0.2, 0.25) is 5.91 Å². The van der Waals surface area contributed by atoms with E-state index in [0.29, 0.717) is 19.5 Å². The van der Waals surface area contributed by atoms with E-state index in [2.05, 4.69) is 36.5 Å². The number of nitrogens with one attached hydrogen (secondary N) is 2. The van der Waals surface area contributed by atoms with Crippen LogP contribution in [-0.2, 0) is 11.3 Å². The molecule has 0 saturated heterocycles. The van der Waals surface area contributed by atoms with Crippen molar-refractivity contribution < 1.29 is 4.79 Å². The molecule has 2 aromatic rings. The molecule has 9 heteroatoms. The number of guanidine groups is 1. The van der Waals surface area contributed by atoms with Crippen LogP contribution in [0.3, 0.4) is 0 Å². The number of aryl methyl sites for hydroxylation is 1. The van der Waals surface area contributed by atoms with Crippen LogP contribution in [0.2, 0.25) is 0 Å². The molecule has 0 aliphatic carbocycles. The molecule has 0 aliphatic rings. The summed E-state index contributed by atoms with van der Waals surface area (Å²) in [7, 11) is 3.68. The first-order chi connectivity index (χ1) is 12.0. The Hall–Kier alpha value is -1.20. The van der Waals surface area contributed by atoms with Gasteiger partial charge in [-0.15, -0.1) is 35.3 Å². The lowest BCUT2D eigenvalue weighted by Crippen LogP contribution is -2.39. The highest BCUT2D eigenvalue weighted by atomic mass is 127. The van der Waals surface area contributed by atoms with Crippen molar-refractivity contribution in [2.24, 2.45) is 4.99 Å². The summed E-state index contributed by atoms with van der Waals surface area (Å²) >= 11 is 5.01. The van der Waals surface area contributed by atoms with Gasteiger partial charge in [-0.1, -0.05) is 15.9 Å². The fraction of sp³-hybridized carbons (Fsp3) is 0.353. The number of rotatable bonds is 6. The maximum atomic E-state index is 12.0. The molecule has 2 N–H and O–H groups in total. The molecule has 1 amide bonds. The third kappa shape index (κ3) is 7.58. The summed E-state index contributed by atoms with van der Waals surface area (Å²) in [5.74, 6) is 0.699. The molecule has 1 heterocycles. The minimum absolute atomic E-state index is 0. The van der Waals surface area contributed by atoms with E-state index in [4.69, 9.17) is 0 Å². The number of hydrogen-bond acceptors (Lipinski definition) is 4. The number of halogens is 2. The Morgan fingerprint density at radius 1 is 1.35 bits per heavy atom. The van der Waals surface area contributed by atoms with E-state index in [1.54, 1.807) is 18.4 Å². The Bertz CT molecular complexity index is 735. The van der Waals surface area contributed by atoms with E-state index in [9.17, 15) is 4.79 Å². The largest absolute Gasteiger partial charge is 0.356 e. The van der Waals surface area contributed by atoms with Crippen LogP contribution in [0.25, 0.3) is 0 Å². The van der Waals surface area contributed by atoms with Crippen molar-refractivity contribution in [1.82, 2.24) is 15.2 Å². The van der Waals surface area contributed by atoms with Gasteiger partial charge in [0.1, 0.15) is 0 Å². The quantitative estimate of drug-likeness (QED) is 0.325. The second-order valence-corrected chi connectivity index (χ2v) is 7.47. The van der Waals surface area contributed by atoms with Crippen LogP contribution in [-0.4, -0.2) is 42.4 Å². The Labute approximate surface area is 183 Å².